The van der Waals surface area contributed by atoms with E-state index in [4.69, 9.17) is 0 Å². The zero-order chi connectivity index (χ0) is 15.3. The SMILES string of the molecule is O=C(c1ccc2nonc2c1)N1CCCC2CC(F)(F)CC21. The van der Waals surface area contributed by atoms with Gasteiger partial charge < -0.3 is 4.90 Å². The minimum Gasteiger partial charge on any atom is -0.335 e. The highest BCUT2D eigenvalue weighted by molar-refractivity contribution is 5.97. The molecule has 2 heterocycles. The second-order valence-corrected chi connectivity index (χ2v) is 6.20. The Morgan fingerprint density at radius 3 is 2.95 bits per heavy atom. The van der Waals surface area contributed by atoms with Gasteiger partial charge in [0.2, 0.25) is 0 Å². The van der Waals surface area contributed by atoms with Crippen molar-refractivity contribution >= 4 is 16.9 Å². The third-order valence-corrected chi connectivity index (χ3v) is 4.75. The summed E-state index contributed by atoms with van der Waals surface area (Å²) in [6.45, 7) is 0.533. The molecule has 0 radical (unpaired) electrons. The summed E-state index contributed by atoms with van der Waals surface area (Å²) in [6, 6.07) is 4.54. The fourth-order valence-electron chi connectivity index (χ4n) is 3.76. The molecule has 0 bridgehead atoms. The van der Waals surface area contributed by atoms with Crippen molar-refractivity contribution in [2.24, 2.45) is 5.92 Å². The third-order valence-electron chi connectivity index (χ3n) is 4.75. The van der Waals surface area contributed by atoms with Gasteiger partial charge in [-0.3, -0.25) is 4.79 Å². The molecular formula is C15H15F2N3O2. The van der Waals surface area contributed by atoms with Crippen LogP contribution in [-0.4, -0.2) is 39.6 Å². The lowest BCUT2D eigenvalue weighted by molar-refractivity contribution is 0.00120. The Balaban J connectivity index is 1.63. The van der Waals surface area contributed by atoms with Crippen molar-refractivity contribution in [2.75, 3.05) is 6.54 Å². The largest absolute Gasteiger partial charge is 0.335 e. The van der Waals surface area contributed by atoms with Gasteiger partial charge in [-0.15, -0.1) is 0 Å². The number of rotatable bonds is 1. The average Bonchev–Trinajstić information content (AvgIpc) is 3.06. The van der Waals surface area contributed by atoms with Crippen LogP contribution in [0.5, 0.6) is 0 Å². The van der Waals surface area contributed by atoms with Crippen molar-refractivity contribution in [1.82, 2.24) is 15.2 Å². The summed E-state index contributed by atoms with van der Waals surface area (Å²) < 4.78 is 32.0. The molecule has 7 heteroatoms. The normalized spacial score (nSPS) is 27.1. The van der Waals surface area contributed by atoms with E-state index in [0.717, 1.165) is 12.8 Å². The van der Waals surface area contributed by atoms with Gasteiger partial charge in [-0.1, -0.05) is 0 Å². The van der Waals surface area contributed by atoms with Gasteiger partial charge >= 0.3 is 0 Å². The van der Waals surface area contributed by atoms with Crippen LogP contribution in [0.1, 0.15) is 36.0 Å². The van der Waals surface area contributed by atoms with Crippen molar-refractivity contribution in [3.05, 3.63) is 23.8 Å². The Morgan fingerprint density at radius 1 is 1.27 bits per heavy atom. The summed E-state index contributed by atoms with van der Waals surface area (Å²) in [5, 5.41) is 7.41. The van der Waals surface area contributed by atoms with E-state index in [0.29, 0.717) is 23.1 Å². The molecule has 1 saturated heterocycles. The highest BCUT2D eigenvalue weighted by Gasteiger charge is 2.50. The smallest absolute Gasteiger partial charge is 0.254 e. The van der Waals surface area contributed by atoms with E-state index >= 15 is 0 Å². The lowest BCUT2D eigenvalue weighted by atomic mass is 9.91. The van der Waals surface area contributed by atoms with Crippen molar-refractivity contribution in [3.8, 4) is 0 Å². The lowest BCUT2D eigenvalue weighted by Crippen LogP contribution is -2.46. The molecule has 2 aliphatic rings. The number of piperidine rings is 1. The van der Waals surface area contributed by atoms with Gasteiger partial charge in [0.15, 0.2) is 0 Å². The monoisotopic (exact) mass is 307 g/mol. The summed E-state index contributed by atoms with van der Waals surface area (Å²) in [5.41, 5.74) is 1.51. The van der Waals surface area contributed by atoms with E-state index in [9.17, 15) is 13.6 Å². The summed E-state index contributed by atoms with van der Waals surface area (Å²) in [6.07, 6.45) is 1.22. The summed E-state index contributed by atoms with van der Waals surface area (Å²) >= 11 is 0. The number of fused-ring (bicyclic) bond motifs is 2. The molecule has 2 fully saturated rings. The first kappa shape index (κ1) is 13.6. The molecule has 116 valence electrons. The van der Waals surface area contributed by atoms with E-state index in [-0.39, 0.29) is 30.7 Å². The Bertz CT molecular complexity index is 730. The highest BCUT2D eigenvalue weighted by atomic mass is 19.3. The Kier molecular flexibility index (Phi) is 2.92. The minimum absolute atomic E-state index is 0.0925. The zero-order valence-electron chi connectivity index (χ0n) is 11.8. The number of carbonyl (C=O) groups excluding carboxylic acids is 1. The summed E-state index contributed by atoms with van der Waals surface area (Å²) in [7, 11) is 0. The van der Waals surface area contributed by atoms with Crippen LogP contribution in [0.4, 0.5) is 8.78 Å². The Morgan fingerprint density at radius 2 is 2.09 bits per heavy atom. The maximum absolute atomic E-state index is 13.7. The van der Waals surface area contributed by atoms with Crippen LogP contribution in [-0.2, 0) is 0 Å². The molecule has 4 rings (SSSR count). The molecule has 1 aromatic carbocycles. The van der Waals surface area contributed by atoms with Crippen molar-refractivity contribution in [1.29, 1.82) is 0 Å². The predicted octanol–water partition coefficient (Wildman–Crippen LogP) is 2.87. The molecule has 0 N–H and O–H groups in total. The number of alkyl halides is 2. The second kappa shape index (κ2) is 4.72. The number of carbonyl (C=O) groups is 1. The first-order valence-electron chi connectivity index (χ1n) is 7.45. The molecule has 2 unspecified atom stereocenters. The van der Waals surface area contributed by atoms with E-state index in [1.54, 1.807) is 23.1 Å². The van der Waals surface area contributed by atoms with Crippen LogP contribution < -0.4 is 0 Å². The van der Waals surface area contributed by atoms with Gasteiger partial charge in [0.25, 0.3) is 11.8 Å². The highest BCUT2D eigenvalue weighted by Crippen LogP contribution is 2.45. The first-order chi connectivity index (χ1) is 10.5. The molecule has 1 amide bonds. The van der Waals surface area contributed by atoms with Gasteiger partial charge in [-0.2, -0.15) is 0 Å². The van der Waals surface area contributed by atoms with E-state index in [1.807, 2.05) is 0 Å². The molecule has 1 saturated carbocycles. The molecule has 0 spiro atoms. The molecule has 5 nitrogen and oxygen atoms in total. The molecule has 1 aromatic heterocycles. The zero-order valence-corrected chi connectivity index (χ0v) is 11.8. The van der Waals surface area contributed by atoms with Crippen LogP contribution in [0.2, 0.25) is 0 Å². The van der Waals surface area contributed by atoms with Crippen molar-refractivity contribution in [3.63, 3.8) is 0 Å². The molecular weight excluding hydrogens is 292 g/mol. The van der Waals surface area contributed by atoms with Crippen LogP contribution in [0.3, 0.4) is 0 Å². The lowest BCUT2D eigenvalue weighted by Gasteiger charge is -2.37. The Hall–Kier alpha value is -2.05. The van der Waals surface area contributed by atoms with Gasteiger partial charge in [0.05, 0.1) is 0 Å². The van der Waals surface area contributed by atoms with Gasteiger partial charge in [-0.25, -0.2) is 13.4 Å². The number of nitrogens with zero attached hydrogens (tertiary/aromatic N) is 3. The van der Waals surface area contributed by atoms with Gasteiger partial charge in [0.1, 0.15) is 11.0 Å². The standard InChI is InChI=1S/C15H15F2N3O2/c16-15(17)7-10-2-1-5-20(13(10)8-15)14(21)9-3-4-11-12(6-9)19-22-18-11/h3-4,6,10,13H,1-2,5,7-8H2. The number of aromatic nitrogens is 2. The van der Waals surface area contributed by atoms with E-state index in [1.165, 1.54) is 0 Å². The van der Waals surface area contributed by atoms with E-state index < -0.39 is 5.92 Å². The summed E-state index contributed by atoms with van der Waals surface area (Å²) in [5.74, 6) is -2.96. The quantitative estimate of drug-likeness (QED) is 0.813. The molecule has 22 heavy (non-hydrogen) atoms. The number of hydrogen-bond donors (Lipinski definition) is 0. The van der Waals surface area contributed by atoms with Crippen LogP contribution >= 0.6 is 0 Å². The number of likely N-dealkylation sites (tertiary alicyclic amines) is 1. The molecule has 1 aliphatic heterocycles. The summed E-state index contributed by atoms with van der Waals surface area (Å²) in [4.78, 5) is 14.3. The third kappa shape index (κ3) is 2.15. The van der Waals surface area contributed by atoms with Crippen molar-refractivity contribution < 1.29 is 18.2 Å². The van der Waals surface area contributed by atoms with Crippen LogP contribution in [0.25, 0.3) is 11.0 Å². The van der Waals surface area contributed by atoms with Gasteiger partial charge in [-0.05, 0) is 47.3 Å². The second-order valence-electron chi connectivity index (χ2n) is 6.20. The number of hydrogen-bond acceptors (Lipinski definition) is 4. The molecule has 1 aliphatic carbocycles. The minimum atomic E-state index is -2.65. The fraction of sp³-hybridized carbons (Fsp3) is 0.533. The van der Waals surface area contributed by atoms with E-state index in [2.05, 4.69) is 14.9 Å². The van der Waals surface area contributed by atoms with Crippen LogP contribution in [0, 0.1) is 5.92 Å². The Labute approximate surface area is 125 Å². The topological polar surface area (TPSA) is 59.2 Å². The maximum Gasteiger partial charge on any atom is 0.254 e. The van der Waals surface area contributed by atoms with Gasteiger partial charge in [0, 0.05) is 31.0 Å². The maximum atomic E-state index is 13.7. The average molecular weight is 307 g/mol. The first-order valence-corrected chi connectivity index (χ1v) is 7.45. The predicted molar refractivity (Wildman–Crippen MR) is 73.5 cm³/mol. The molecule has 2 atom stereocenters. The number of amides is 1. The fourth-order valence-corrected chi connectivity index (χ4v) is 3.76. The van der Waals surface area contributed by atoms with Crippen molar-refractivity contribution in [2.45, 2.75) is 37.6 Å². The number of halogens is 2. The van der Waals surface area contributed by atoms with Crippen LogP contribution in [0.15, 0.2) is 22.8 Å². The molecule has 2 aromatic rings. The number of benzene rings is 1.